The molecule has 1 aromatic heterocycles. The van der Waals surface area contributed by atoms with Crippen LogP contribution in [0.1, 0.15) is 30.1 Å². The van der Waals surface area contributed by atoms with Gasteiger partial charge in [0.15, 0.2) is 0 Å². The lowest BCUT2D eigenvalue weighted by Gasteiger charge is -2.10. The van der Waals surface area contributed by atoms with Crippen LogP contribution in [0.2, 0.25) is 0 Å². The fourth-order valence-corrected chi connectivity index (χ4v) is 3.09. The van der Waals surface area contributed by atoms with Crippen molar-refractivity contribution in [1.82, 2.24) is 9.55 Å². The summed E-state index contributed by atoms with van der Waals surface area (Å²) in [7, 11) is 1.25. The number of hydrogen-bond donors (Lipinski definition) is 0. The van der Waals surface area contributed by atoms with Gasteiger partial charge >= 0.3 is 5.97 Å². The second kappa shape index (κ2) is 7.86. The van der Waals surface area contributed by atoms with Crippen LogP contribution in [-0.2, 0) is 4.74 Å². The Kier molecular flexibility index (Phi) is 5.56. The molecule has 0 fully saturated rings. The van der Waals surface area contributed by atoms with Gasteiger partial charge in [-0.05, 0) is 46.6 Å². The Morgan fingerprint density at radius 1 is 1.31 bits per heavy atom. The number of rotatable bonds is 6. The number of aromatic nitrogens is 2. The molecule has 0 N–H and O–H groups in total. The van der Waals surface area contributed by atoms with Gasteiger partial charge in [0.1, 0.15) is 17.9 Å². The molecule has 0 bridgehead atoms. The smallest absolute Gasteiger partial charge is 0.339 e. The van der Waals surface area contributed by atoms with E-state index >= 15 is 0 Å². The van der Waals surface area contributed by atoms with Gasteiger partial charge in [-0.15, -0.1) is 0 Å². The number of benzene rings is 2. The van der Waals surface area contributed by atoms with Gasteiger partial charge in [0.2, 0.25) is 0 Å². The molecular formula is C19H18BrFN2O3. The highest BCUT2D eigenvalue weighted by Crippen LogP contribution is 2.28. The number of esters is 1. The van der Waals surface area contributed by atoms with E-state index in [1.165, 1.54) is 13.2 Å². The Bertz CT molecular complexity index is 955. The van der Waals surface area contributed by atoms with Crippen molar-refractivity contribution in [2.45, 2.75) is 19.8 Å². The van der Waals surface area contributed by atoms with E-state index in [0.717, 1.165) is 30.2 Å². The SMILES string of the molecule is CCCCOc1ccc2c(c1)ncn2-c1cc(Br)c(C(=O)OC)cc1F. The Morgan fingerprint density at radius 2 is 2.12 bits per heavy atom. The van der Waals surface area contributed by atoms with Gasteiger partial charge in [-0.3, -0.25) is 4.57 Å². The highest BCUT2D eigenvalue weighted by molar-refractivity contribution is 9.10. The van der Waals surface area contributed by atoms with Crippen LogP contribution >= 0.6 is 15.9 Å². The van der Waals surface area contributed by atoms with Gasteiger partial charge < -0.3 is 9.47 Å². The molecule has 0 unspecified atom stereocenters. The number of imidazole rings is 1. The fourth-order valence-electron chi connectivity index (χ4n) is 2.60. The summed E-state index contributed by atoms with van der Waals surface area (Å²) in [5, 5.41) is 0. The van der Waals surface area contributed by atoms with Crippen molar-refractivity contribution in [1.29, 1.82) is 0 Å². The van der Waals surface area contributed by atoms with E-state index in [0.29, 0.717) is 16.6 Å². The monoisotopic (exact) mass is 420 g/mol. The van der Waals surface area contributed by atoms with Gasteiger partial charge in [-0.2, -0.15) is 0 Å². The Morgan fingerprint density at radius 3 is 2.85 bits per heavy atom. The third-order valence-corrected chi connectivity index (χ3v) is 4.64. The van der Waals surface area contributed by atoms with E-state index in [-0.39, 0.29) is 11.3 Å². The molecule has 0 saturated carbocycles. The molecule has 0 aliphatic rings. The largest absolute Gasteiger partial charge is 0.494 e. The molecule has 3 aromatic rings. The molecule has 0 aliphatic carbocycles. The number of ether oxygens (including phenoxy) is 2. The lowest BCUT2D eigenvalue weighted by Crippen LogP contribution is -2.05. The molecule has 0 radical (unpaired) electrons. The number of carbonyl (C=O) groups is 1. The minimum atomic E-state index is -0.605. The summed E-state index contributed by atoms with van der Waals surface area (Å²) >= 11 is 3.30. The van der Waals surface area contributed by atoms with Crippen molar-refractivity contribution in [2.24, 2.45) is 0 Å². The van der Waals surface area contributed by atoms with Gasteiger partial charge in [0, 0.05) is 10.5 Å². The predicted molar refractivity (Wildman–Crippen MR) is 100 cm³/mol. The molecule has 0 saturated heterocycles. The molecule has 0 atom stereocenters. The number of unbranched alkanes of at least 4 members (excludes halogenated alkanes) is 1. The molecule has 0 aliphatic heterocycles. The molecule has 5 nitrogen and oxygen atoms in total. The van der Waals surface area contributed by atoms with E-state index in [1.807, 2.05) is 18.2 Å². The lowest BCUT2D eigenvalue weighted by molar-refractivity contribution is 0.0599. The van der Waals surface area contributed by atoms with Crippen LogP contribution in [0.15, 0.2) is 41.1 Å². The van der Waals surface area contributed by atoms with Crippen LogP contribution in [0.5, 0.6) is 5.75 Å². The zero-order valence-corrected chi connectivity index (χ0v) is 16.0. The highest BCUT2D eigenvalue weighted by Gasteiger charge is 2.17. The summed E-state index contributed by atoms with van der Waals surface area (Å²) in [5.74, 6) is -0.415. The van der Waals surface area contributed by atoms with Crippen molar-refractivity contribution in [3.63, 3.8) is 0 Å². The van der Waals surface area contributed by atoms with Crippen molar-refractivity contribution in [3.8, 4) is 11.4 Å². The Labute approximate surface area is 158 Å². The molecular weight excluding hydrogens is 403 g/mol. The van der Waals surface area contributed by atoms with E-state index in [9.17, 15) is 9.18 Å². The topological polar surface area (TPSA) is 53.4 Å². The lowest BCUT2D eigenvalue weighted by atomic mass is 10.2. The standard InChI is InChI=1S/C19H18BrFN2O3/c1-3-4-7-26-12-5-6-17-16(8-12)22-11-23(17)18-10-14(20)13(9-15(18)21)19(24)25-2/h5-6,8-11H,3-4,7H2,1-2H3. The second-order valence-electron chi connectivity index (χ2n) is 5.74. The second-order valence-corrected chi connectivity index (χ2v) is 6.60. The van der Waals surface area contributed by atoms with Gasteiger partial charge in [-0.1, -0.05) is 13.3 Å². The molecule has 1 heterocycles. The number of halogens is 2. The van der Waals surface area contributed by atoms with Crippen molar-refractivity contribution >= 4 is 32.9 Å². The third-order valence-electron chi connectivity index (χ3n) is 3.99. The number of nitrogens with zero attached hydrogens (tertiary/aromatic N) is 2. The zero-order valence-electron chi connectivity index (χ0n) is 14.5. The average molecular weight is 421 g/mol. The minimum Gasteiger partial charge on any atom is -0.494 e. The molecule has 7 heteroatoms. The van der Waals surface area contributed by atoms with Crippen molar-refractivity contribution in [2.75, 3.05) is 13.7 Å². The van der Waals surface area contributed by atoms with Crippen LogP contribution in [0.25, 0.3) is 16.7 Å². The van der Waals surface area contributed by atoms with E-state index in [2.05, 4.69) is 32.6 Å². The predicted octanol–water partition coefficient (Wildman–Crippen LogP) is 4.89. The normalized spacial score (nSPS) is 10.9. The molecule has 3 rings (SSSR count). The first-order chi connectivity index (χ1) is 12.5. The molecule has 0 spiro atoms. The molecule has 136 valence electrons. The number of fused-ring (bicyclic) bond motifs is 1. The number of carbonyl (C=O) groups excluding carboxylic acids is 1. The maximum absolute atomic E-state index is 14.6. The first kappa shape index (κ1) is 18.4. The zero-order chi connectivity index (χ0) is 18.7. The maximum Gasteiger partial charge on any atom is 0.339 e. The van der Waals surface area contributed by atoms with Crippen molar-refractivity contribution < 1.29 is 18.7 Å². The van der Waals surface area contributed by atoms with Crippen LogP contribution in [0.3, 0.4) is 0 Å². The molecule has 2 aromatic carbocycles. The maximum atomic E-state index is 14.6. The molecule has 0 amide bonds. The highest BCUT2D eigenvalue weighted by atomic mass is 79.9. The van der Waals surface area contributed by atoms with E-state index in [4.69, 9.17) is 4.74 Å². The van der Waals surface area contributed by atoms with Crippen molar-refractivity contribution in [3.05, 3.63) is 52.5 Å². The number of methoxy groups -OCH3 is 1. The summed E-state index contributed by atoms with van der Waals surface area (Å²) in [6, 6.07) is 8.20. The first-order valence-corrected chi connectivity index (χ1v) is 9.02. The molecule has 26 heavy (non-hydrogen) atoms. The summed E-state index contributed by atoms with van der Waals surface area (Å²) in [5.41, 5.74) is 1.85. The van der Waals surface area contributed by atoms with Gasteiger partial charge in [0.05, 0.1) is 36.0 Å². The van der Waals surface area contributed by atoms with Crippen LogP contribution in [0, 0.1) is 5.82 Å². The first-order valence-electron chi connectivity index (χ1n) is 8.22. The Hall–Kier alpha value is -2.41. The summed E-state index contributed by atoms with van der Waals surface area (Å²) < 4.78 is 27.0. The van der Waals surface area contributed by atoms with Gasteiger partial charge in [0.25, 0.3) is 0 Å². The minimum absolute atomic E-state index is 0.129. The van der Waals surface area contributed by atoms with Crippen LogP contribution < -0.4 is 4.74 Å². The summed E-state index contributed by atoms with van der Waals surface area (Å²) in [6.45, 7) is 2.76. The van der Waals surface area contributed by atoms with Crippen LogP contribution in [0.4, 0.5) is 4.39 Å². The summed E-state index contributed by atoms with van der Waals surface area (Å²) in [4.78, 5) is 16.0. The Balaban J connectivity index is 1.98. The number of hydrogen-bond acceptors (Lipinski definition) is 4. The summed E-state index contributed by atoms with van der Waals surface area (Å²) in [6.07, 6.45) is 3.59. The van der Waals surface area contributed by atoms with Crippen LogP contribution in [-0.4, -0.2) is 29.2 Å². The van der Waals surface area contributed by atoms with E-state index in [1.54, 1.807) is 10.9 Å². The quantitative estimate of drug-likeness (QED) is 0.420. The van der Waals surface area contributed by atoms with E-state index < -0.39 is 11.8 Å². The average Bonchev–Trinajstić information content (AvgIpc) is 3.06. The van der Waals surface area contributed by atoms with Gasteiger partial charge in [-0.25, -0.2) is 14.2 Å². The fraction of sp³-hybridized carbons (Fsp3) is 0.263. The third kappa shape index (κ3) is 3.58.